The maximum Gasteiger partial charge on any atom is 0.243 e. The summed E-state index contributed by atoms with van der Waals surface area (Å²) in [5, 5.41) is 0. The molecule has 0 bridgehead atoms. The first-order valence-electron chi connectivity index (χ1n) is 7.66. The van der Waals surface area contributed by atoms with Crippen molar-refractivity contribution in [3.63, 3.8) is 0 Å². The third-order valence-corrected chi connectivity index (χ3v) is 6.24. The van der Waals surface area contributed by atoms with E-state index in [1.807, 2.05) is 6.92 Å². The fourth-order valence-electron chi connectivity index (χ4n) is 2.84. The molecule has 0 N–H and O–H groups in total. The molecule has 4 nitrogen and oxygen atoms in total. The first-order valence-corrected chi connectivity index (χ1v) is 9.10. The minimum Gasteiger partial charge on any atom is -0.494 e. The zero-order chi connectivity index (χ0) is 15.5. The van der Waals surface area contributed by atoms with Crippen molar-refractivity contribution < 1.29 is 13.2 Å². The number of ether oxygens (including phenoxy) is 1. The fraction of sp³-hybridized carbons (Fsp3) is 0.625. The minimum absolute atomic E-state index is 0.123. The SMILES string of the molecule is CCOc1ccc(S(=O)(=O)N(C)C2CCC(C)CC2)cc1. The second kappa shape index (κ2) is 6.79. The summed E-state index contributed by atoms with van der Waals surface area (Å²) in [7, 11) is -1.71. The van der Waals surface area contributed by atoms with Crippen molar-refractivity contribution in [2.75, 3.05) is 13.7 Å². The normalized spacial score (nSPS) is 23.2. The Balaban J connectivity index is 2.13. The van der Waals surface area contributed by atoms with Gasteiger partial charge in [0.15, 0.2) is 0 Å². The van der Waals surface area contributed by atoms with Crippen LogP contribution in [-0.2, 0) is 10.0 Å². The van der Waals surface area contributed by atoms with Crippen molar-refractivity contribution in [3.8, 4) is 5.75 Å². The molecule has 0 spiro atoms. The van der Waals surface area contributed by atoms with E-state index in [9.17, 15) is 8.42 Å². The monoisotopic (exact) mass is 311 g/mol. The summed E-state index contributed by atoms with van der Waals surface area (Å²) in [5.74, 6) is 1.41. The molecular formula is C16H25NO3S. The van der Waals surface area contributed by atoms with Gasteiger partial charge in [-0.3, -0.25) is 0 Å². The first kappa shape index (κ1) is 16.3. The van der Waals surface area contributed by atoms with Crippen LogP contribution in [0.4, 0.5) is 0 Å². The Morgan fingerprint density at radius 2 is 1.71 bits per heavy atom. The quantitative estimate of drug-likeness (QED) is 0.838. The molecule has 5 heteroatoms. The Bertz CT molecular complexity index is 545. The number of hydrogen-bond acceptors (Lipinski definition) is 3. The van der Waals surface area contributed by atoms with E-state index in [4.69, 9.17) is 4.74 Å². The maximum atomic E-state index is 12.7. The van der Waals surface area contributed by atoms with Crippen LogP contribution >= 0.6 is 0 Å². The third kappa shape index (κ3) is 3.77. The average molecular weight is 311 g/mol. The number of sulfonamides is 1. The van der Waals surface area contributed by atoms with Gasteiger partial charge in [-0.15, -0.1) is 0 Å². The maximum absolute atomic E-state index is 12.7. The first-order chi connectivity index (χ1) is 9.95. The van der Waals surface area contributed by atoms with Gasteiger partial charge in [-0.1, -0.05) is 6.92 Å². The largest absolute Gasteiger partial charge is 0.494 e. The Morgan fingerprint density at radius 1 is 1.14 bits per heavy atom. The van der Waals surface area contributed by atoms with Gasteiger partial charge >= 0.3 is 0 Å². The lowest BCUT2D eigenvalue weighted by atomic mass is 9.87. The molecule has 1 aromatic rings. The molecule has 0 unspecified atom stereocenters. The predicted octanol–water partition coefficient (Wildman–Crippen LogP) is 3.28. The van der Waals surface area contributed by atoms with Gasteiger partial charge in [-0.05, 0) is 62.8 Å². The summed E-state index contributed by atoms with van der Waals surface area (Å²) in [6.45, 7) is 4.71. The average Bonchev–Trinajstić information content (AvgIpc) is 2.48. The van der Waals surface area contributed by atoms with E-state index >= 15 is 0 Å². The summed E-state index contributed by atoms with van der Waals surface area (Å²) in [4.78, 5) is 0.340. The van der Waals surface area contributed by atoms with Crippen LogP contribution in [0.3, 0.4) is 0 Å². The minimum atomic E-state index is -3.41. The number of benzene rings is 1. The molecule has 1 fully saturated rings. The highest BCUT2D eigenvalue weighted by Gasteiger charge is 2.30. The Kier molecular flexibility index (Phi) is 5.27. The molecule has 0 radical (unpaired) electrons. The standard InChI is InChI=1S/C16H25NO3S/c1-4-20-15-9-11-16(12-10-15)21(18,19)17(3)14-7-5-13(2)6-8-14/h9-14H,4-8H2,1-3H3. The topological polar surface area (TPSA) is 46.6 Å². The molecule has 0 atom stereocenters. The summed E-state index contributed by atoms with van der Waals surface area (Å²) in [6, 6.07) is 6.81. The van der Waals surface area contributed by atoms with Crippen LogP contribution < -0.4 is 4.74 Å². The zero-order valence-corrected chi connectivity index (χ0v) is 13.9. The van der Waals surface area contributed by atoms with E-state index < -0.39 is 10.0 Å². The van der Waals surface area contributed by atoms with Gasteiger partial charge in [0.05, 0.1) is 11.5 Å². The summed E-state index contributed by atoms with van der Waals surface area (Å²) < 4.78 is 32.2. The van der Waals surface area contributed by atoms with E-state index in [-0.39, 0.29) is 6.04 Å². The molecule has 1 saturated carbocycles. The molecule has 118 valence electrons. The number of rotatable bonds is 5. The van der Waals surface area contributed by atoms with Crippen LogP contribution in [0.1, 0.15) is 39.5 Å². The molecule has 1 aliphatic rings. The molecule has 0 aromatic heterocycles. The van der Waals surface area contributed by atoms with Crippen molar-refractivity contribution in [2.45, 2.75) is 50.5 Å². The Hall–Kier alpha value is -1.07. The molecule has 0 aliphatic heterocycles. The van der Waals surface area contributed by atoms with Crippen LogP contribution in [0.2, 0.25) is 0 Å². The lowest BCUT2D eigenvalue weighted by Gasteiger charge is -2.32. The molecule has 2 rings (SSSR count). The number of nitrogens with zero attached hydrogens (tertiary/aromatic N) is 1. The fourth-order valence-corrected chi connectivity index (χ4v) is 4.26. The molecular weight excluding hydrogens is 286 g/mol. The van der Waals surface area contributed by atoms with Crippen LogP contribution in [0.5, 0.6) is 5.75 Å². The molecule has 0 heterocycles. The molecule has 0 amide bonds. The molecule has 1 aliphatic carbocycles. The lowest BCUT2D eigenvalue weighted by Crippen LogP contribution is -2.39. The summed E-state index contributed by atoms with van der Waals surface area (Å²) in [5.41, 5.74) is 0. The predicted molar refractivity (Wildman–Crippen MR) is 84.0 cm³/mol. The van der Waals surface area contributed by atoms with Crippen LogP contribution in [-0.4, -0.2) is 32.4 Å². The van der Waals surface area contributed by atoms with Gasteiger partial charge in [0, 0.05) is 13.1 Å². The van der Waals surface area contributed by atoms with Gasteiger partial charge in [-0.2, -0.15) is 4.31 Å². The molecule has 21 heavy (non-hydrogen) atoms. The second-order valence-corrected chi connectivity index (χ2v) is 7.84. The van der Waals surface area contributed by atoms with E-state index in [2.05, 4.69) is 6.92 Å². The zero-order valence-electron chi connectivity index (χ0n) is 13.1. The van der Waals surface area contributed by atoms with Gasteiger partial charge in [0.1, 0.15) is 5.75 Å². The van der Waals surface area contributed by atoms with Gasteiger partial charge in [0.2, 0.25) is 10.0 Å². The van der Waals surface area contributed by atoms with E-state index in [0.717, 1.165) is 25.7 Å². The van der Waals surface area contributed by atoms with Crippen molar-refractivity contribution in [1.82, 2.24) is 4.31 Å². The highest BCUT2D eigenvalue weighted by molar-refractivity contribution is 7.89. The van der Waals surface area contributed by atoms with Crippen molar-refractivity contribution in [2.24, 2.45) is 5.92 Å². The van der Waals surface area contributed by atoms with Crippen molar-refractivity contribution >= 4 is 10.0 Å². The van der Waals surface area contributed by atoms with Crippen LogP contribution in [0.25, 0.3) is 0 Å². The van der Waals surface area contributed by atoms with Gasteiger partial charge in [-0.25, -0.2) is 8.42 Å². The summed E-state index contributed by atoms with van der Waals surface area (Å²) >= 11 is 0. The van der Waals surface area contributed by atoms with Gasteiger partial charge in [0.25, 0.3) is 0 Å². The highest BCUT2D eigenvalue weighted by atomic mass is 32.2. The Labute approximate surface area is 128 Å². The van der Waals surface area contributed by atoms with E-state index in [1.165, 1.54) is 0 Å². The third-order valence-electron chi connectivity index (χ3n) is 4.31. The Morgan fingerprint density at radius 3 is 2.24 bits per heavy atom. The number of hydrogen-bond donors (Lipinski definition) is 0. The summed E-state index contributed by atoms with van der Waals surface area (Å²) in [6.07, 6.45) is 4.11. The van der Waals surface area contributed by atoms with Crippen molar-refractivity contribution in [1.29, 1.82) is 0 Å². The van der Waals surface area contributed by atoms with E-state index in [1.54, 1.807) is 35.6 Å². The smallest absolute Gasteiger partial charge is 0.243 e. The van der Waals surface area contributed by atoms with Crippen LogP contribution in [0.15, 0.2) is 29.2 Å². The highest BCUT2D eigenvalue weighted by Crippen LogP contribution is 2.29. The van der Waals surface area contributed by atoms with Crippen molar-refractivity contribution in [3.05, 3.63) is 24.3 Å². The molecule has 0 saturated heterocycles. The lowest BCUT2D eigenvalue weighted by molar-refractivity contribution is 0.246. The van der Waals surface area contributed by atoms with Crippen LogP contribution in [0, 0.1) is 5.92 Å². The second-order valence-electron chi connectivity index (χ2n) is 5.84. The molecule has 1 aromatic carbocycles. The van der Waals surface area contributed by atoms with E-state index in [0.29, 0.717) is 23.2 Å². The van der Waals surface area contributed by atoms with Gasteiger partial charge < -0.3 is 4.74 Å².